The minimum atomic E-state index is -0.682. The maximum Gasteiger partial charge on any atom is 0.265 e. The van der Waals surface area contributed by atoms with Gasteiger partial charge < -0.3 is 20.1 Å². The average molecular weight is 418 g/mol. The first kappa shape index (κ1) is 21.9. The van der Waals surface area contributed by atoms with Gasteiger partial charge in [0.05, 0.1) is 0 Å². The van der Waals surface area contributed by atoms with Gasteiger partial charge in [-0.15, -0.1) is 0 Å². The van der Waals surface area contributed by atoms with E-state index in [1.165, 1.54) is 0 Å². The minimum absolute atomic E-state index is 0.110. The molecule has 0 saturated carbocycles. The summed E-state index contributed by atoms with van der Waals surface area (Å²) in [7, 11) is 0. The van der Waals surface area contributed by atoms with Crippen molar-refractivity contribution in [3.8, 4) is 11.5 Å². The molecule has 2 N–H and O–H groups in total. The summed E-state index contributed by atoms with van der Waals surface area (Å²) in [6, 6.07) is 21.9. The maximum absolute atomic E-state index is 12.6. The fraction of sp³-hybridized carbons (Fsp3) is 0.200. The van der Waals surface area contributed by atoms with E-state index in [1.54, 1.807) is 43.3 Å². The summed E-state index contributed by atoms with van der Waals surface area (Å²) in [5.41, 5.74) is 3.14. The molecule has 1 atom stereocenters. The Morgan fingerprint density at radius 1 is 0.871 bits per heavy atom. The molecule has 6 nitrogen and oxygen atoms in total. The standard InChI is InChI=1S/C25H26N2O4/c1-17-12-13-18(2)23(14-17)31-19(3)25(29)27-21-9-7-8-20(15-21)26-24(28)16-30-22-10-5-4-6-11-22/h4-15,19H,16H2,1-3H3,(H,26,28)(H,27,29). The van der Waals surface area contributed by atoms with E-state index >= 15 is 0 Å². The molecule has 0 radical (unpaired) electrons. The van der Waals surface area contributed by atoms with Crippen molar-refractivity contribution in [1.29, 1.82) is 0 Å². The van der Waals surface area contributed by atoms with Crippen LogP contribution >= 0.6 is 0 Å². The Bertz CT molecular complexity index is 1050. The fourth-order valence-corrected chi connectivity index (χ4v) is 2.86. The Hall–Kier alpha value is -3.80. The number of rotatable bonds is 8. The van der Waals surface area contributed by atoms with Crippen LogP contribution < -0.4 is 20.1 Å². The molecule has 0 saturated heterocycles. The van der Waals surface area contributed by atoms with Crippen molar-refractivity contribution in [3.05, 3.63) is 83.9 Å². The second kappa shape index (κ2) is 10.3. The van der Waals surface area contributed by atoms with Gasteiger partial charge in [0.2, 0.25) is 0 Å². The van der Waals surface area contributed by atoms with Crippen LogP contribution in [0.3, 0.4) is 0 Å². The third-order valence-electron chi connectivity index (χ3n) is 4.54. The Kier molecular flexibility index (Phi) is 7.27. The van der Waals surface area contributed by atoms with Gasteiger partial charge in [0, 0.05) is 11.4 Å². The normalized spacial score (nSPS) is 11.3. The summed E-state index contributed by atoms with van der Waals surface area (Å²) in [6.45, 7) is 5.50. The second-order valence-electron chi connectivity index (χ2n) is 7.25. The maximum atomic E-state index is 12.6. The van der Waals surface area contributed by atoms with Crippen LogP contribution in [0.2, 0.25) is 0 Å². The highest BCUT2D eigenvalue weighted by Crippen LogP contribution is 2.21. The highest BCUT2D eigenvalue weighted by molar-refractivity contribution is 5.96. The molecule has 0 heterocycles. The van der Waals surface area contributed by atoms with E-state index < -0.39 is 6.10 Å². The number of anilines is 2. The smallest absolute Gasteiger partial charge is 0.265 e. The van der Waals surface area contributed by atoms with Crippen molar-refractivity contribution in [2.75, 3.05) is 17.2 Å². The number of carbonyl (C=O) groups is 2. The van der Waals surface area contributed by atoms with Crippen LogP contribution in [-0.2, 0) is 9.59 Å². The highest BCUT2D eigenvalue weighted by Gasteiger charge is 2.16. The molecule has 0 bridgehead atoms. The van der Waals surface area contributed by atoms with E-state index in [1.807, 2.05) is 50.2 Å². The highest BCUT2D eigenvalue weighted by atomic mass is 16.5. The lowest BCUT2D eigenvalue weighted by Gasteiger charge is -2.17. The topological polar surface area (TPSA) is 76.7 Å². The van der Waals surface area contributed by atoms with Crippen LogP contribution in [0.4, 0.5) is 11.4 Å². The summed E-state index contributed by atoms with van der Waals surface area (Å²) in [5, 5.41) is 5.58. The molecule has 0 aromatic heterocycles. The number of aryl methyl sites for hydroxylation is 2. The van der Waals surface area contributed by atoms with E-state index in [4.69, 9.17) is 9.47 Å². The fourth-order valence-electron chi connectivity index (χ4n) is 2.86. The van der Waals surface area contributed by atoms with E-state index in [9.17, 15) is 9.59 Å². The van der Waals surface area contributed by atoms with Crippen molar-refractivity contribution < 1.29 is 19.1 Å². The van der Waals surface area contributed by atoms with E-state index in [-0.39, 0.29) is 18.4 Å². The largest absolute Gasteiger partial charge is 0.484 e. The molecular weight excluding hydrogens is 392 g/mol. The third-order valence-corrected chi connectivity index (χ3v) is 4.54. The van der Waals surface area contributed by atoms with Gasteiger partial charge in [-0.05, 0) is 68.3 Å². The number of benzene rings is 3. The SMILES string of the molecule is Cc1ccc(C)c(OC(C)C(=O)Nc2cccc(NC(=O)COc3ccccc3)c2)c1. The van der Waals surface area contributed by atoms with Gasteiger partial charge in [0.15, 0.2) is 12.7 Å². The molecule has 3 rings (SSSR count). The first-order valence-corrected chi connectivity index (χ1v) is 10.0. The lowest BCUT2D eigenvalue weighted by molar-refractivity contribution is -0.122. The number of carbonyl (C=O) groups excluding carboxylic acids is 2. The van der Waals surface area contributed by atoms with E-state index in [2.05, 4.69) is 10.6 Å². The Morgan fingerprint density at radius 3 is 2.32 bits per heavy atom. The van der Waals surface area contributed by atoms with E-state index in [0.717, 1.165) is 11.1 Å². The van der Waals surface area contributed by atoms with Gasteiger partial charge in [-0.1, -0.05) is 36.4 Å². The number of ether oxygens (including phenoxy) is 2. The van der Waals surface area contributed by atoms with Gasteiger partial charge in [-0.3, -0.25) is 9.59 Å². The van der Waals surface area contributed by atoms with Crippen molar-refractivity contribution >= 4 is 23.2 Å². The molecule has 3 aromatic carbocycles. The predicted octanol–water partition coefficient (Wildman–Crippen LogP) is 4.73. The summed E-state index contributed by atoms with van der Waals surface area (Å²) >= 11 is 0. The first-order chi connectivity index (χ1) is 14.9. The second-order valence-corrected chi connectivity index (χ2v) is 7.25. The summed E-state index contributed by atoms with van der Waals surface area (Å²) < 4.78 is 11.3. The van der Waals surface area contributed by atoms with Gasteiger partial charge in [0.1, 0.15) is 11.5 Å². The van der Waals surface area contributed by atoms with Crippen LogP contribution in [0.1, 0.15) is 18.1 Å². The zero-order valence-electron chi connectivity index (χ0n) is 17.8. The predicted molar refractivity (Wildman–Crippen MR) is 122 cm³/mol. The summed E-state index contributed by atoms with van der Waals surface area (Å²) in [5.74, 6) is 0.731. The van der Waals surface area contributed by atoms with Crippen LogP contribution in [0, 0.1) is 13.8 Å². The zero-order valence-corrected chi connectivity index (χ0v) is 17.8. The quantitative estimate of drug-likeness (QED) is 0.555. The minimum Gasteiger partial charge on any atom is -0.484 e. The molecule has 31 heavy (non-hydrogen) atoms. The molecule has 0 aliphatic heterocycles. The Balaban J connectivity index is 1.54. The number of nitrogens with one attached hydrogen (secondary N) is 2. The molecule has 3 aromatic rings. The van der Waals surface area contributed by atoms with Gasteiger partial charge in [-0.2, -0.15) is 0 Å². The molecule has 160 valence electrons. The van der Waals surface area contributed by atoms with Crippen LogP contribution in [-0.4, -0.2) is 24.5 Å². The van der Waals surface area contributed by atoms with Gasteiger partial charge in [0.25, 0.3) is 11.8 Å². The number of hydrogen-bond donors (Lipinski definition) is 2. The van der Waals surface area contributed by atoms with E-state index in [0.29, 0.717) is 22.9 Å². The zero-order chi connectivity index (χ0) is 22.2. The molecule has 2 amide bonds. The van der Waals surface area contributed by atoms with Crippen LogP contribution in [0.25, 0.3) is 0 Å². The van der Waals surface area contributed by atoms with Gasteiger partial charge in [-0.25, -0.2) is 0 Å². The number of para-hydroxylation sites is 1. The molecule has 6 heteroatoms. The van der Waals surface area contributed by atoms with Crippen LogP contribution in [0.15, 0.2) is 72.8 Å². The molecule has 0 aliphatic carbocycles. The number of amides is 2. The third kappa shape index (κ3) is 6.60. The lowest BCUT2D eigenvalue weighted by atomic mass is 10.1. The summed E-state index contributed by atoms with van der Waals surface area (Å²) in [6.07, 6.45) is -0.682. The first-order valence-electron chi connectivity index (χ1n) is 10.0. The average Bonchev–Trinajstić information content (AvgIpc) is 2.76. The molecule has 0 spiro atoms. The van der Waals surface area contributed by atoms with Crippen molar-refractivity contribution in [2.45, 2.75) is 26.9 Å². The molecule has 0 fully saturated rings. The van der Waals surface area contributed by atoms with Crippen molar-refractivity contribution in [2.24, 2.45) is 0 Å². The molecule has 1 unspecified atom stereocenters. The number of hydrogen-bond acceptors (Lipinski definition) is 4. The van der Waals surface area contributed by atoms with Crippen LogP contribution in [0.5, 0.6) is 11.5 Å². The molecular formula is C25H26N2O4. The molecule has 0 aliphatic rings. The van der Waals surface area contributed by atoms with Crippen molar-refractivity contribution in [1.82, 2.24) is 0 Å². The summed E-state index contributed by atoms with van der Waals surface area (Å²) in [4.78, 5) is 24.7. The lowest BCUT2D eigenvalue weighted by Crippen LogP contribution is -2.30. The van der Waals surface area contributed by atoms with Gasteiger partial charge >= 0.3 is 0 Å². The Morgan fingerprint density at radius 2 is 1.58 bits per heavy atom. The van der Waals surface area contributed by atoms with Crippen molar-refractivity contribution in [3.63, 3.8) is 0 Å². The monoisotopic (exact) mass is 418 g/mol. The Labute approximate surface area is 182 Å².